The van der Waals surface area contributed by atoms with Crippen molar-refractivity contribution in [1.82, 2.24) is 24.6 Å². The second kappa shape index (κ2) is 9.78. The van der Waals surface area contributed by atoms with E-state index in [0.717, 1.165) is 32.4 Å². The smallest absolute Gasteiger partial charge is 0.256 e. The van der Waals surface area contributed by atoms with Crippen molar-refractivity contribution in [2.24, 2.45) is 11.7 Å². The highest BCUT2D eigenvalue weighted by Gasteiger charge is 2.24. The van der Waals surface area contributed by atoms with Gasteiger partial charge in [0.2, 0.25) is 5.91 Å². The van der Waals surface area contributed by atoms with Crippen molar-refractivity contribution >= 4 is 11.8 Å². The number of primary amides is 1. The highest BCUT2D eigenvalue weighted by Crippen LogP contribution is 2.22. The minimum Gasteiger partial charge on any atom is -0.369 e. The molecule has 1 fully saturated rings. The topological polar surface area (TPSA) is 98.2 Å². The minimum absolute atomic E-state index is 0.0910. The van der Waals surface area contributed by atoms with Crippen LogP contribution in [0.5, 0.6) is 0 Å². The van der Waals surface area contributed by atoms with E-state index < -0.39 is 5.82 Å². The van der Waals surface area contributed by atoms with Crippen LogP contribution in [0.1, 0.15) is 29.6 Å². The van der Waals surface area contributed by atoms with Gasteiger partial charge in [-0.1, -0.05) is 12.1 Å². The molecule has 0 saturated carbocycles. The first kappa shape index (κ1) is 21.8. The van der Waals surface area contributed by atoms with Crippen LogP contribution < -0.4 is 11.1 Å². The third-order valence-corrected chi connectivity index (χ3v) is 5.76. The summed E-state index contributed by atoms with van der Waals surface area (Å²) in [4.78, 5) is 26.6. The van der Waals surface area contributed by atoms with Crippen LogP contribution in [0.3, 0.4) is 0 Å². The SMILES string of the molecule is NC(=O)C1CCCN(CCCNC(=O)c2cnn(-c3ccccc3F)c2-n2cccc2)C1. The Morgan fingerprint density at radius 2 is 1.97 bits per heavy atom. The molecule has 2 aromatic heterocycles. The fourth-order valence-electron chi connectivity index (χ4n) is 4.12. The van der Waals surface area contributed by atoms with Gasteiger partial charge in [0, 0.05) is 25.5 Å². The van der Waals surface area contributed by atoms with Gasteiger partial charge in [-0.2, -0.15) is 5.10 Å². The van der Waals surface area contributed by atoms with Crippen molar-refractivity contribution in [3.05, 3.63) is 66.4 Å². The average molecular weight is 439 g/mol. The molecule has 1 atom stereocenters. The van der Waals surface area contributed by atoms with Gasteiger partial charge in [-0.05, 0) is 56.6 Å². The Balaban J connectivity index is 1.43. The summed E-state index contributed by atoms with van der Waals surface area (Å²) in [5.41, 5.74) is 6.07. The first-order chi connectivity index (χ1) is 15.5. The van der Waals surface area contributed by atoms with Gasteiger partial charge in [0.15, 0.2) is 5.82 Å². The lowest BCUT2D eigenvalue weighted by atomic mass is 9.97. The van der Waals surface area contributed by atoms with Gasteiger partial charge in [0.05, 0.1) is 12.1 Å². The molecule has 32 heavy (non-hydrogen) atoms. The first-order valence-electron chi connectivity index (χ1n) is 10.8. The number of carbonyl (C=O) groups excluding carboxylic acids is 2. The summed E-state index contributed by atoms with van der Waals surface area (Å²) in [6.07, 6.45) is 7.58. The van der Waals surface area contributed by atoms with Crippen LogP contribution in [0.2, 0.25) is 0 Å². The van der Waals surface area contributed by atoms with Gasteiger partial charge < -0.3 is 20.5 Å². The molecule has 3 N–H and O–H groups in total. The molecule has 8 nitrogen and oxygen atoms in total. The molecule has 0 aliphatic carbocycles. The van der Waals surface area contributed by atoms with Gasteiger partial charge in [-0.3, -0.25) is 9.59 Å². The Hall–Kier alpha value is -3.46. The Labute approximate surface area is 185 Å². The van der Waals surface area contributed by atoms with Crippen LogP contribution in [-0.2, 0) is 4.79 Å². The van der Waals surface area contributed by atoms with E-state index in [2.05, 4.69) is 15.3 Å². The van der Waals surface area contributed by atoms with E-state index >= 15 is 0 Å². The van der Waals surface area contributed by atoms with Crippen molar-refractivity contribution in [2.45, 2.75) is 19.3 Å². The Kier molecular flexibility index (Phi) is 6.65. The lowest BCUT2D eigenvalue weighted by molar-refractivity contribution is -0.123. The number of hydrogen-bond acceptors (Lipinski definition) is 4. The summed E-state index contributed by atoms with van der Waals surface area (Å²) in [6.45, 7) is 2.87. The first-order valence-corrected chi connectivity index (χ1v) is 10.8. The van der Waals surface area contributed by atoms with E-state index in [9.17, 15) is 14.0 Å². The minimum atomic E-state index is -0.424. The Bertz CT molecular complexity index is 1080. The molecule has 0 radical (unpaired) electrons. The normalized spacial score (nSPS) is 16.7. The molecular weight excluding hydrogens is 411 g/mol. The van der Waals surface area contributed by atoms with Gasteiger partial charge in [0.25, 0.3) is 5.91 Å². The standard InChI is InChI=1S/C23H27FN6O2/c24-19-8-1-2-9-20(19)30-23(29-13-3-4-14-29)18(15-27-30)22(32)26-10-6-12-28-11-5-7-17(16-28)21(25)31/h1-4,8-9,13-15,17H,5-7,10-12,16H2,(H2,25,31)(H,26,32). The molecule has 3 aromatic rings. The zero-order valence-electron chi connectivity index (χ0n) is 17.8. The lowest BCUT2D eigenvalue weighted by Crippen LogP contribution is -2.42. The van der Waals surface area contributed by atoms with Crippen LogP contribution in [0.25, 0.3) is 11.5 Å². The number of benzene rings is 1. The van der Waals surface area contributed by atoms with Crippen molar-refractivity contribution in [3.63, 3.8) is 0 Å². The van der Waals surface area contributed by atoms with Crippen LogP contribution >= 0.6 is 0 Å². The maximum atomic E-state index is 14.4. The van der Waals surface area contributed by atoms with E-state index in [-0.39, 0.29) is 23.4 Å². The number of para-hydroxylation sites is 1. The van der Waals surface area contributed by atoms with E-state index in [4.69, 9.17) is 5.73 Å². The second-order valence-electron chi connectivity index (χ2n) is 7.99. The number of rotatable bonds is 8. The predicted molar refractivity (Wildman–Crippen MR) is 118 cm³/mol. The van der Waals surface area contributed by atoms with E-state index in [1.54, 1.807) is 35.2 Å². The van der Waals surface area contributed by atoms with Crippen molar-refractivity contribution < 1.29 is 14.0 Å². The zero-order chi connectivity index (χ0) is 22.5. The monoisotopic (exact) mass is 438 g/mol. The van der Waals surface area contributed by atoms with Crippen LogP contribution in [0, 0.1) is 11.7 Å². The number of nitrogens with zero attached hydrogens (tertiary/aromatic N) is 4. The fourth-order valence-corrected chi connectivity index (χ4v) is 4.12. The summed E-state index contributed by atoms with van der Waals surface area (Å²) in [7, 11) is 0. The molecule has 0 spiro atoms. The number of piperidine rings is 1. The van der Waals surface area contributed by atoms with Crippen LogP contribution in [0.4, 0.5) is 4.39 Å². The molecule has 168 valence electrons. The number of aromatic nitrogens is 3. The highest BCUT2D eigenvalue weighted by molar-refractivity contribution is 5.97. The molecule has 1 aromatic carbocycles. The second-order valence-corrected chi connectivity index (χ2v) is 7.99. The molecular formula is C23H27FN6O2. The molecule has 1 aliphatic heterocycles. The fraction of sp³-hybridized carbons (Fsp3) is 0.348. The maximum absolute atomic E-state index is 14.4. The number of amides is 2. The summed E-state index contributed by atoms with van der Waals surface area (Å²) in [5, 5.41) is 7.23. The number of likely N-dealkylation sites (tertiary alicyclic amines) is 1. The van der Waals surface area contributed by atoms with Crippen molar-refractivity contribution in [2.75, 3.05) is 26.2 Å². The largest absolute Gasteiger partial charge is 0.369 e. The number of hydrogen-bond donors (Lipinski definition) is 2. The van der Waals surface area contributed by atoms with E-state index in [0.29, 0.717) is 24.5 Å². The average Bonchev–Trinajstić information content (AvgIpc) is 3.47. The van der Waals surface area contributed by atoms with Gasteiger partial charge in [-0.25, -0.2) is 9.07 Å². The molecule has 1 saturated heterocycles. The quantitative estimate of drug-likeness (QED) is 0.527. The number of nitrogens with one attached hydrogen (secondary N) is 1. The van der Waals surface area contributed by atoms with Gasteiger partial charge >= 0.3 is 0 Å². The predicted octanol–water partition coefficient (Wildman–Crippen LogP) is 2.12. The van der Waals surface area contributed by atoms with E-state index in [1.807, 2.05) is 12.1 Å². The molecule has 1 aliphatic rings. The molecule has 9 heteroatoms. The molecule has 4 rings (SSSR count). The zero-order valence-corrected chi connectivity index (χ0v) is 17.8. The number of halogens is 1. The van der Waals surface area contributed by atoms with Crippen LogP contribution in [0.15, 0.2) is 55.0 Å². The maximum Gasteiger partial charge on any atom is 0.256 e. The third kappa shape index (κ3) is 4.72. The summed E-state index contributed by atoms with van der Waals surface area (Å²) < 4.78 is 17.6. The van der Waals surface area contributed by atoms with Crippen molar-refractivity contribution in [1.29, 1.82) is 0 Å². The van der Waals surface area contributed by atoms with E-state index in [1.165, 1.54) is 16.9 Å². The molecule has 3 heterocycles. The number of nitrogens with two attached hydrogens (primary N) is 1. The lowest BCUT2D eigenvalue weighted by Gasteiger charge is -2.31. The summed E-state index contributed by atoms with van der Waals surface area (Å²) >= 11 is 0. The molecule has 1 unspecified atom stereocenters. The molecule has 2 amide bonds. The summed E-state index contributed by atoms with van der Waals surface area (Å²) in [6, 6.07) is 9.98. The van der Waals surface area contributed by atoms with Crippen LogP contribution in [-0.4, -0.2) is 57.2 Å². The molecule has 0 bridgehead atoms. The summed E-state index contributed by atoms with van der Waals surface area (Å²) in [5.74, 6) is -0.561. The van der Waals surface area contributed by atoms with Gasteiger partial charge in [-0.15, -0.1) is 0 Å². The van der Waals surface area contributed by atoms with Gasteiger partial charge in [0.1, 0.15) is 17.1 Å². The Morgan fingerprint density at radius 1 is 1.19 bits per heavy atom. The van der Waals surface area contributed by atoms with Crippen molar-refractivity contribution in [3.8, 4) is 11.5 Å². The number of carbonyl (C=O) groups is 2. The highest BCUT2D eigenvalue weighted by atomic mass is 19.1. The third-order valence-electron chi connectivity index (χ3n) is 5.76. The Morgan fingerprint density at radius 3 is 2.72 bits per heavy atom.